The summed E-state index contributed by atoms with van der Waals surface area (Å²) in [7, 11) is -3.77. The lowest BCUT2D eigenvalue weighted by molar-refractivity contribution is -0.384. The minimum Gasteiger partial charge on any atom is -0.258 e. The average Bonchev–Trinajstić information content (AvgIpc) is 2.90. The Morgan fingerprint density at radius 1 is 1.32 bits per heavy atom. The van der Waals surface area contributed by atoms with Crippen molar-refractivity contribution in [1.29, 1.82) is 0 Å². The van der Waals surface area contributed by atoms with E-state index >= 15 is 0 Å². The van der Waals surface area contributed by atoms with Gasteiger partial charge in [-0.25, -0.2) is 13.1 Å². The van der Waals surface area contributed by atoms with Crippen LogP contribution in [0, 0.1) is 10.1 Å². The summed E-state index contributed by atoms with van der Waals surface area (Å²) in [5.41, 5.74) is -0.183. The van der Waals surface area contributed by atoms with Crippen LogP contribution in [-0.2, 0) is 16.6 Å². The van der Waals surface area contributed by atoms with E-state index in [1.54, 1.807) is 0 Å². The van der Waals surface area contributed by atoms with Crippen LogP contribution < -0.4 is 4.72 Å². The maximum atomic E-state index is 11.8. The largest absolute Gasteiger partial charge is 0.269 e. The number of non-ortho nitro benzene ring substituents is 1. The lowest BCUT2D eigenvalue weighted by Gasteiger charge is -2.04. The lowest BCUT2D eigenvalue weighted by atomic mass is 10.3. The fraction of sp³-hybridized carbons (Fsp3) is 0.125. The van der Waals surface area contributed by atoms with Gasteiger partial charge in [0.2, 0.25) is 10.0 Å². The molecule has 2 aromatic rings. The summed E-state index contributed by atoms with van der Waals surface area (Å²) in [5, 5.41) is 23.1. The first-order valence-corrected chi connectivity index (χ1v) is 6.44. The highest BCUT2D eigenvalue weighted by atomic mass is 32.2. The first-order valence-electron chi connectivity index (χ1n) is 4.95. The van der Waals surface area contributed by atoms with Crippen LogP contribution in [-0.4, -0.2) is 34.0 Å². The summed E-state index contributed by atoms with van der Waals surface area (Å²) in [6.45, 7) is -0.129. The highest BCUT2D eigenvalue weighted by Crippen LogP contribution is 2.15. The number of benzene rings is 1. The maximum Gasteiger partial charge on any atom is 0.269 e. The van der Waals surface area contributed by atoms with Crippen molar-refractivity contribution in [2.45, 2.75) is 11.4 Å². The van der Waals surface area contributed by atoms with Gasteiger partial charge in [0.15, 0.2) is 5.82 Å². The van der Waals surface area contributed by atoms with Crippen LogP contribution in [0.1, 0.15) is 5.82 Å². The number of hydrogen-bond donors (Lipinski definition) is 2. The van der Waals surface area contributed by atoms with Crippen LogP contribution in [0.15, 0.2) is 29.2 Å². The van der Waals surface area contributed by atoms with E-state index in [0.29, 0.717) is 0 Å². The standard InChI is InChI=1S/C8H8N6O4S/c15-14(16)6-1-3-7(4-2-6)19(17,18)9-5-8-10-12-13-11-8/h1-4,9H,5H2,(H,10,11,12,13). The summed E-state index contributed by atoms with van der Waals surface area (Å²) < 4.78 is 25.9. The number of sulfonamides is 1. The molecule has 0 radical (unpaired) electrons. The van der Waals surface area contributed by atoms with Crippen molar-refractivity contribution >= 4 is 15.7 Å². The summed E-state index contributed by atoms with van der Waals surface area (Å²) in [6.07, 6.45) is 0. The Balaban J connectivity index is 2.13. The first-order chi connectivity index (χ1) is 8.99. The lowest BCUT2D eigenvalue weighted by Crippen LogP contribution is -2.23. The van der Waals surface area contributed by atoms with Gasteiger partial charge in [-0.1, -0.05) is 5.21 Å². The van der Waals surface area contributed by atoms with E-state index in [1.807, 2.05) is 0 Å². The van der Waals surface area contributed by atoms with E-state index in [1.165, 1.54) is 0 Å². The predicted molar refractivity (Wildman–Crippen MR) is 61.3 cm³/mol. The highest BCUT2D eigenvalue weighted by Gasteiger charge is 2.16. The molecule has 0 saturated carbocycles. The van der Waals surface area contributed by atoms with E-state index in [0.717, 1.165) is 24.3 Å². The minimum absolute atomic E-state index is 0.0819. The second-order valence-corrected chi connectivity index (χ2v) is 5.17. The summed E-state index contributed by atoms with van der Waals surface area (Å²) in [5.74, 6) is 0.186. The van der Waals surface area contributed by atoms with Gasteiger partial charge in [-0.2, -0.15) is 5.21 Å². The van der Waals surface area contributed by atoms with Crippen molar-refractivity contribution < 1.29 is 13.3 Å². The fourth-order valence-corrected chi connectivity index (χ4v) is 2.23. The molecule has 10 nitrogen and oxygen atoms in total. The maximum absolute atomic E-state index is 11.8. The second kappa shape index (κ2) is 5.07. The van der Waals surface area contributed by atoms with Gasteiger partial charge < -0.3 is 0 Å². The molecule has 100 valence electrons. The quantitative estimate of drug-likeness (QED) is 0.560. The molecule has 0 bridgehead atoms. The van der Waals surface area contributed by atoms with E-state index in [9.17, 15) is 18.5 Å². The van der Waals surface area contributed by atoms with Gasteiger partial charge in [-0.15, -0.1) is 10.2 Å². The van der Waals surface area contributed by atoms with Crippen LogP contribution in [0.5, 0.6) is 0 Å². The summed E-state index contributed by atoms with van der Waals surface area (Å²) in [6, 6.07) is 4.53. The number of hydrogen-bond acceptors (Lipinski definition) is 7. The van der Waals surface area contributed by atoms with Crippen molar-refractivity contribution in [2.24, 2.45) is 0 Å². The van der Waals surface area contributed by atoms with Gasteiger partial charge in [0, 0.05) is 12.1 Å². The Bertz CT molecular complexity index is 666. The van der Waals surface area contributed by atoms with Crippen LogP contribution in [0.3, 0.4) is 0 Å². The molecule has 0 fully saturated rings. The zero-order valence-electron chi connectivity index (χ0n) is 9.35. The molecule has 1 aromatic carbocycles. The first kappa shape index (κ1) is 13.0. The number of H-pyrrole nitrogens is 1. The molecule has 19 heavy (non-hydrogen) atoms. The fourth-order valence-electron chi connectivity index (χ4n) is 1.25. The molecule has 11 heteroatoms. The molecule has 2 N–H and O–H groups in total. The van der Waals surface area contributed by atoms with Crippen molar-refractivity contribution in [3.8, 4) is 0 Å². The van der Waals surface area contributed by atoms with Crippen molar-refractivity contribution in [1.82, 2.24) is 25.3 Å². The molecule has 0 aliphatic carbocycles. The number of nitrogens with zero attached hydrogens (tertiary/aromatic N) is 4. The number of nitro benzene ring substituents is 1. The van der Waals surface area contributed by atoms with Crippen LogP contribution >= 0.6 is 0 Å². The van der Waals surface area contributed by atoms with Gasteiger partial charge in [0.25, 0.3) is 5.69 Å². The predicted octanol–water partition coefficient (Wildman–Crippen LogP) is -0.414. The van der Waals surface area contributed by atoms with Gasteiger partial charge in [0.1, 0.15) is 0 Å². The average molecular weight is 284 g/mol. The number of nitro groups is 1. The van der Waals surface area contributed by atoms with E-state index < -0.39 is 14.9 Å². The minimum atomic E-state index is -3.77. The zero-order chi connectivity index (χ0) is 13.9. The van der Waals surface area contributed by atoms with Crippen LogP contribution in [0.4, 0.5) is 5.69 Å². The van der Waals surface area contributed by atoms with Crippen molar-refractivity contribution in [2.75, 3.05) is 0 Å². The number of nitrogens with one attached hydrogen (secondary N) is 2. The van der Waals surface area contributed by atoms with Crippen LogP contribution in [0.2, 0.25) is 0 Å². The monoisotopic (exact) mass is 284 g/mol. The van der Waals surface area contributed by atoms with Crippen molar-refractivity contribution in [3.63, 3.8) is 0 Å². The molecule has 1 heterocycles. The molecular formula is C8H8N6O4S. The third-order valence-electron chi connectivity index (χ3n) is 2.17. The Morgan fingerprint density at radius 3 is 2.53 bits per heavy atom. The number of aromatic nitrogens is 4. The van der Waals surface area contributed by atoms with E-state index in [-0.39, 0.29) is 23.0 Å². The van der Waals surface area contributed by atoms with E-state index in [2.05, 4.69) is 25.3 Å². The molecule has 1 aromatic heterocycles. The third-order valence-corrected chi connectivity index (χ3v) is 3.58. The Labute approximate surface area is 107 Å². The van der Waals surface area contributed by atoms with Gasteiger partial charge >= 0.3 is 0 Å². The SMILES string of the molecule is O=[N+]([O-])c1ccc(S(=O)(=O)NCc2nn[nH]n2)cc1. The topological polar surface area (TPSA) is 144 Å². The molecule has 0 amide bonds. The Hall–Kier alpha value is -2.40. The number of aromatic amines is 1. The summed E-state index contributed by atoms with van der Waals surface area (Å²) >= 11 is 0. The van der Waals surface area contributed by atoms with Gasteiger partial charge in [0.05, 0.1) is 16.4 Å². The van der Waals surface area contributed by atoms with Gasteiger partial charge in [-0.3, -0.25) is 10.1 Å². The van der Waals surface area contributed by atoms with Crippen LogP contribution in [0.25, 0.3) is 0 Å². The number of tetrazole rings is 1. The molecular weight excluding hydrogens is 276 g/mol. The molecule has 0 spiro atoms. The normalized spacial score (nSPS) is 11.4. The van der Waals surface area contributed by atoms with Crippen molar-refractivity contribution in [3.05, 3.63) is 40.2 Å². The Morgan fingerprint density at radius 2 is 2.00 bits per heavy atom. The molecule has 0 atom stereocenters. The van der Waals surface area contributed by atoms with Gasteiger partial charge in [-0.05, 0) is 12.1 Å². The third kappa shape index (κ3) is 3.08. The highest BCUT2D eigenvalue weighted by molar-refractivity contribution is 7.89. The molecule has 0 unspecified atom stereocenters. The second-order valence-electron chi connectivity index (χ2n) is 3.40. The molecule has 0 aliphatic rings. The van der Waals surface area contributed by atoms with E-state index in [4.69, 9.17) is 0 Å². The zero-order valence-corrected chi connectivity index (χ0v) is 10.2. The Kier molecular flexibility index (Phi) is 3.48. The molecule has 0 aliphatic heterocycles. The summed E-state index contributed by atoms with van der Waals surface area (Å²) in [4.78, 5) is 9.77. The molecule has 2 rings (SSSR count). The number of rotatable bonds is 5. The molecule has 0 saturated heterocycles. The smallest absolute Gasteiger partial charge is 0.258 e.